The van der Waals surface area contributed by atoms with Crippen molar-refractivity contribution in [2.75, 3.05) is 0 Å². The van der Waals surface area contributed by atoms with Crippen LogP contribution in [0.3, 0.4) is 0 Å². The Labute approximate surface area is 98.1 Å². The van der Waals surface area contributed by atoms with Crippen LogP contribution in [0, 0.1) is 3.57 Å². The van der Waals surface area contributed by atoms with Crippen LogP contribution >= 0.6 is 22.6 Å². The smallest absolute Gasteiger partial charge is 0.339 e. The van der Waals surface area contributed by atoms with Crippen LogP contribution in [0.15, 0.2) is 24.7 Å². The lowest BCUT2D eigenvalue weighted by molar-refractivity contribution is 0.0696. The van der Waals surface area contributed by atoms with E-state index in [2.05, 4.69) is 37.9 Å². The Morgan fingerprint density at radius 3 is 2.93 bits per heavy atom. The zero-order chi connectivity index (χ0) is 10.8. The van der Waals surface area contributed by atoms with Crippen LogP contribution in [-0.4, -0.2) is 31.1 Å². The van der Waals surface area contributed by atoms with Gasteiger partial charge >= 0.3 is 5.97 Å². The van der Waals surface area contributed by atoms with Crippen LogP contribution in [0.1, 0.15) is 10.4 Å². The Bertz CT molecular complexity index is 511. The van der Waals surface area contributed by atoms with Gasteiger partial charge in [-0.25, -0.2) is 9.48 Å². The minimum Gasteiger partial charge on any atom is -0.478 e. The lowest BCUT2D eigenvalue weighted by Crippen LogP contribution is -2.08. The molecule has 2 aromatic heterocycles. The first-order valence-electron chi connectivity index (χ1n) is 3.94. The number of rotatable bonds is 2. The molecule has 2 aromatic rings. The Hall–Kier alpha value is -1.51. The molecule has 0 aliphatic rings. The van der Waals surface area contributed by atoms with Crippen LogP contribution in [-0.2, 0) is 0 Å². The fourth-order valence-electron chi connectivity index (χ4n) is 1.08. The van der Waals surface area contributed by atoms with E-state index in [0.29, 0.717) is 0 Å². The normalized spacial score (nSPS) is 10.2. The number of hydrogen-bond donors (Lipinski definition) is 1. The van der Waals surface area contributed by atoms with Crippen molar-refractivity contribution in [1.82, 2.24) is 20.0 Å². The van der Waals surface area contributed by atoms with Gasteiger partial charge in [-0.2, -0.15) is 10.2 Å². The molecule has 0 saturated heterocycles. The number of carboxylic acids is 1. The minimum absolute atomic E-state index is 0.0736. The molecule has 0 fully saturated rings. The molecule has 0 aromatic carbocycles. The van der Waals surface area contributed by atoms with Gasteiger partial charge in [0.15, 0.2) is 5.82 Å². The monoisotopic (exact) mass is 316 g/mol. The molecule has 7 heteroatoms. The second kappa shape index (κ2) is 3.93. The zero-order valence-corrected chi connectivity index (χ0v) is 9.49. The first kappa shape index (κ1) is 10.0. The largest absolute Gasteiger partial charge is 0.478 e. The molecule has 0 aliphatic heterocycles. The summed E-state index contributed by atoms with van der Waals surface area (Å²) in [6, 6.07) is 1.39. The maximum absolute atomic E-state index is 10.9. The quantitative estimate of drug-likeness (QED) is 0.835. The molecule has 1 N–H and O–H groups in total. The zero-order valence-electron chi connectivity index (χ0n) is 7.33. The highest BCUT2D eigenvalue weighted by atomic mass is 127. The predicted molar refractivity (Wildman–Crippen MR) is 58.8 cm³/mol. The summed E-state index contributed by atoms with van der Waals surface area (Å²) in [6.07, 6.45) is 4.62. The number of hydrogen-bond acceptors (Lipinski definition) is 4. The van der Waals surface area contributed by atoms with E-state index in [1.165, 1.54) is 16.9 Å². The third kappa shape index (κ3) is 1.96. The number of carboxylic acid groups (broad SMARTS) is 1. The lowest BCUT2D eigenvalue weighted by Gasteiger charge is -2.01. The second-order valence-electron chi connectivity index (χ2n) is 2.68. The molecule has 15 heavy (non-hydrogen) atoms. The summed E-state index contributed by atoms with van der Waals surface area (Å²) in [4.78, 5) is 10.9. The van der Waals surface area contributed by atoms with Crippen molar-refractivity contribution in [1.29, 1.82) is 0 Å². The maximum Gasteiger partial charge on any atom is 0.339 e. The number of nitrogens with zero attached hydrogens (tertiary/aromatic N) is 4. The van der Waals surface area contributed by atoms with Crippen LogP contribution < -0.4 is 0 Å². The van der Waals surface area contributed by atoms with E-state index in [1.54, 1.807) is 12.4 Å². The Kier molecular flexibility index (Phi) is 2.62. The summed E-state index contributed by atoms with van der Waals surface area (Å²) in [6.45, 7) is 0. The fourth-order valence-corrected chi connectivity index (χ4v) is 1.47. The van der Waals surface area contributed by atoms with Gasteiger partial charge in [-0.3, -0.25) is 0 Å². The number of carbonyl (C=O) groups is 1. The molecular formula is C8H5IN4O2. The number of halogens is 1. The lowest BCUT2D eigenvalue weighted by atomic mass is 10.3. The Morgan fingerprint density at radius 2 is 2.33 bits per heavy atom. The van der Waals surface area contributed by atoms with Crippen molar-refractivity contribution < 1.29 is 9.90 Å². The van der Waals surface area contributed by atoms with Crippen molar-refractivity contribution in [2.24, 2.45) is 0 Å². The maximum atomic E-state index is 10.9. The van der Waals surface area contributed by atoms with Gasteiger partial charge in [-0.05, 0) is 28.7 Å². The van der Waals surface area contributed by atoms with E-state index in [0.717, 1.165) is 3.57 Å². The van der Waals surface area contributed by atoms with E-state index >= 15 is 0 Å². The van der Waals surface area contributed by atoms with E-state index in [1.807, 2.05) is 0 Å². The summed E-state index contributed by atoms with van der Waals surface area (Å²) in [5.74, 6) is -0.835. The van der Waals surface area contributed by atoms with Crippen molar-refractivity contribution in [2.45, 2.75) is 0 Å². The molecule has 0 amide bonds. The van der Waals surface area contributed by atoms with Crippen molar-refractivity contribution in [3.05, 3.63) is 33.8 Å². The summed E-state index contributed by atoms with van der Waals surface area (Å²) < 4.78 is 2.28. The van der Waals surface area contributed by atoms with E-state index < -0.39 is 5.97 Å². The average Bonchev–Trinajstić information content (AvgIpc) is 2.65. The average molecular weight is 316 g/mol. The highest BCUT2D eigenvalue weighted by molar-refractivity contribution is 14.1. The first-order valence-corrected chi connectivity index (χ1v) is 5.02. The third-order valence-corrected chi connectivity index (χ3v) is 2.26. The van der Waals surface area contributed by atoms with Crippen molar-refractivity contribution in [3.63, 3.8) is 0 Å². The van der Waals surface area contributed by atoms with Crippen molar-refractivity contribution in [3.8, 4) is 5.82 Å². The Balaban J connectivity index is 2.57. The Morgan fingerprint density at radius 1 is 1.53 bits per heavy atom. The molecule has 6 nitrogen and oxygen atoms in total. The van der Waals surface area contributed by atoms with Crippen molar-refractivity contribution >= 4 is 28.6 Å². The molecule has 0 unspecified atom stereocenters. The molecule has 0 bridgehead atoms. The predicted octanol–water partition coefficient (Wildman–Crippen LogP) is 0.965. The van der Waals surface area contributed by atoms with E-state index in [9.17, 15) is 4.79 Å². The van der Waals surface area contributed by atoms with Gasteiger partial charge < -0.3 is 5.11 Å². The summed E-state index contributed by atoms with van der Waals surface area (Å²) >= 11 is 2.08. The molecule has 2 rings (SSSR count). The van der Waals surface area contributed by atoms with E-state index in [-0.39, 0.29) is 11.4 Å². The molecule has 2 heterocycles. The number of aromatic nitrogens is 4. The van der Waals surface area contributed by atoms with Gasteiger partial charge in [0.05, 0.1) is 16.0 Å². The highest BCUT2D eigenvalue weighted by Crippen LogP contribution is 2.11. The van der Waals surface area contributed by atoms with Crippen LogP contribution in [0.25, 0.3) is 5.82 Å². The first-order chi connectivity index (χ1) is 7.18. The molecular weight excluding hydrogens is 311 g/mol. The summed E-state index contributed by atoms with van der Waals surface area (Å²) in [5, 5.41) is 20.3. The minimum atomic E-state index is -1.05. The molecule has 0 radical (unpaired) electrons. The molecule has 0 saturated carbocycles. The molecule has 0 spiro atoms. The standard InChI is InChI=1S/C8H5IN4O2/c9-5-3-11-13(4-5)7-6(8(14)15)1-2-10-12-7/h1-4H,(H,14,15). The SMILES string of the molecule is O=C(O)c1ccnnc1-n1cc(I)cn1. The summed E-state index contributed by atoms with van der Waals surface area (Å²) in [5.41, 5.74) is 0.0736. The third-order valence-electron chi connectivity index (χ3n) is 1.70. The molecule has 0 atom stereocenters. The molecule has 0 aliphatic carbocycles. The second-order valence-corrected chi connectivity index (χ2v) is 3.92. The molecule has 76 valence electrons. The van der Waals surface area contributed by atoms with Crippen LogP contribution in [0.4, 0.5) is 0 Å². The van der Waals surface area contributed by atoms with E-state index in [4.69, 9.17) is 5.11 Å². The van der Waals surface area contributed by atoms with Gasteiger partial charge in [-0.15, -0.1) is 5.10 Å². The van der Waals surface area contributed by atoms with Gasteiger partial charge in [0.2, 0.25) is 0 Å². The fraction of sp³-hybridized carbons (Fsp3) is 0. The van der Waals surface area contributed by atoms with Gasteiger partial charge in [0.1, 0.15) is 5.56 Å². The summed E-state index contributed by atoms with van der Waals surface area (Å²) in [7, 11) is 0. The van der Waals surface area contributed by atoms with Crippen LogP contribution in [0.5, 0.6) is 0 Å². The highest BCUT2D eigenvalue weighted by Gasteiger charge is 2.13. The van der Waals surface area contributed by atoms with Gasteiger partial charge in [0.25, 0.3) is 0 Å². The topological polar surface area (TPSA) is 80.9 Å². The van der Waals surface area contributed by atoms with Crippen LogP contribution in [0.2, 0.25) is 0 Å². The number of aromatic carboxylic acids is 1. The van der Waals surface area contributed by atoms with Gasteiger partial charge in [0, 0.05) is 6.20 Å². The van der Waals surface area contributed by atoms with Gasteiger partial charge in [-0.1, -0.05) is 0 Å².